The smallest absolute Gasteiger partial charge is 0.241 e. The van der Waals surface area contributed by atoms with Crippen molar-refractivity contribution in [3.63, 3.8) is 0 Å². The maximum absolute atomic E-state index is 12.0. The molecule has 114 valence electrons. The van der Waals surface area contributed by atoms with Crippen LogP contribution < -0.4 is 11.1 Å². The highest BCUT2D eigenvalue weighted by Crippen LogP contribution is 2.24. The lowest BCUT2D eigenvalue weighted by atomic mass is 9.86. The minimum Gasteiger partial charge on any atom is -0.325 e. The number of nitrogens with one attached hydrogen (secondary N) is 1. The predicted octanol–water partition coefficient (Wildman–Crippen LogP) is 3.72. The zero-order chi connectivity index (χ0) is 14.8. The van der Waals surface area contributed by atoms with Crippen LogP contribution >= 0.6 is 12.4 Å². The van der Waals surface area contributed by atoms with Gasteiger partial charge in [-0.3, -0.25) is 4.79 Å². The van der Waals surface area contributed by atoms with Gasteiger partial charge in [-0.1, -0.05) is 53.7 Å². The Morgan fingerprint density at radius 3 is 1.85 bits per heavy atom. The van der Waals surface area contributed by atoms with Crippen molar-refractivity contribution in [1.29, 1.82) is 0 Å². The number of carbonyl (C=O) groups excluding carboxylic acids is 1. The second kappa shape index (κ2) is 6.59. The van der Waals surface area contributed by atoms with Crippen molar-refractivity contribution in [2.24, 2.45) is 11.1 Å². The van der Waals surface area contributed by atoms with Gasteiger partial charge in [0.05, 0.1) is 6.04 Å². The number of halogens is 1. The van der Waals surface area contributed by atoms with Gasteiger partial charge in [0.15, 0.2) is 0 Å². The fourth-order valence-electron chi connectivity index (χ4n) is 1.67. The summed E-state index contributed by atoms with van der Waals surface area (Å²) in [6.45, 7) is 12.4. The summed E-state index contributed by atoms with van der Waals surface area (Å²) >= 11 is 0. The Hall–Kier alpha value is -1.06. The van der Waals surface area contributed by atoms with E-state index in [9.17, 15) is 4.79 Å². The third-order valence-electron chi connectivity index (χ3n) is 3.23. The molecule has 1 aromatic rings. The zero-order valence-electron chi connectivity index (χ0n) is 13.3. The van der Waals surface area contributed by atoms with E-state index >= 15 is 0 Å². The van der Waals surface area contributed by atoms with Crippen molar-refractivity contribution in [3.05, 3.63) is 29.8 Å². The Bertz CT molecular complexity index is 441. The average molecular weight is 299 g/mol. The lowest BCUT2D eigenvalue weighted by molar-refractivity contribution is -0.119. The first-order chi connectivity index (χ1) is 8.51. The van der Waals surface area contributed by atoms with Crippen molar-refractivity contribution >= 4 is 24.0 Å². The summed E-state index contributed by atoms with van der Waals surface area (Å²) in [7, 11) is 0. The SMILES string of the molecule is CC(C)(C)c1ccc(NC(=O)[C@@H](N)C(C)(C)C)cc1.Cl. The molecule has 0 unspecified atom stereocenters. The van der Waals surface area contributed by atoms with E-state index in [4.69, 9.17) is 5.73 Å². The van der Waals surface area contributed by atoms with Crippen LogP contribution in [0.25, 0.3) is 0 Å². The Morgan fingerprint density at radius 1 is 1.05 bits per heavy atom. The first-order valence-electron chi connectivity index (χ1n) is 6.69. The molecule has 0 aliphatic heterocycles. The minimum absolute atomic E-state index is 0. The summed E-state index contributed by atoms with van der Waals surface area (Å²) in [5, 5.41) is 2.86. The van der Waals surface area contributed by atoms with Gasteiger partial charge in [-0.05, 0) is 28.5 Å². The van der Waals surface area contributed by atoms with Gasteiger partial charge in [-0.25, -0.2) is 0 Å². The van der Waals surface area contributed by atoms with E-state index in [1.807, 2.05) is 45.0 Å². The Balaban J connectivity index is 0.00000361. The van der Waals surface area contributed by atoms with Crippen LogP contribution in [0.4, 0.5) is 5.69 Å². The number of carbonyl (C=O) groups is 1. The maximum Gasteiger partial charge on any atom is 0.241 e. The van der Waals surface area contributed by atoms with Gasteiger partial charge in [0.25, 0.3) is 0 Å². The molecule has 0 spiro atoms. The summed E-state index contributed by atoms with van der Waals surface area (Å²) in [5.74, 6) is -0.143. The highest BCUT2D eigenvalue weighted by Gasteiger charge is 2.27. The van der Waals surface area contributed by atoms with Gasteiger partial charge in [0.1, 0.15) is 0 Å². The van der Waals surface area contributed by atoms with Crippen LogP contribution in [-0.4, -0.2) is 11.9 Å². The number of amides is 1. The molecule has 0 aromatic heterocycles. The van der Waals surface area contributed by atoms with Crippen LogP contribution in [0.5, 0.6) is 0 Å². The molecule has 3 nitrogen and oxygen atoms in total. The minimum atomic E-state index is -0.519. The third kappa shape index (κ3) is 5.14. The van der Waals surface area contributed by atoms with Gasteiger partial charge < -0.3 is 11.1 Å². The zero-order valence-corrected chi connectivity index (χ0v) is 14.1. The van der Waals surface area contributed by atoms with E-state index < -0.39 is 6.04 Å². The third-order valence-corrected chi connectivity index (χ3v) is 3.23. The molecule has 0 saturated heterocycles. The molecular weight excluding hydrogens is 272 g/mol. The molecule has 4 heteroatoms. The Morgan fingerprint density at radius 2 is 1.50 bits per heavy atom. The molecule has 0 aliphatic rings. The fourth-order valence-corrected chi connectivity index (χ4v) is 1.67. The van der Waals surface area contributed by atoms with E-state index in [-0.39, 0.29) is 29.1 Å². The summed E-state index contributed by atoms with van der Waals surface area (Å²) < 4.78 is 0. The van der Waals surface area contributed by atoms with Gasteiger partial charge in [0, 0.05) is 5.69 Å². The monoisotopic (exact) mass is 298 g/mol. The molecule has 1 amide bonds. The van der Waals surface area contributed by atoms with E-state index in [1.165, 1.54) is 5.56 Å². The first kappa shape index (κ1) is 18.9. The summed E-state index contributed by atoms with van der Waals surface area (Å²) in [6.07, 6.45) is 0. The van der Waals surface area contributed by atoms with Gasteiger partial charge in [-0.15, -0.1) is 12.4 Å². The molecule has 0 heterocycles. The summed E-state index contributed by atoms with van der Waals surface area (Å²) in [6, 6.07) is 7.41. The van der Waals surface area contributed by atoms with Crippen molar-refractivity contribution in [3.8, 4) is 0 Å². The lowest BCUT2D eigenvalue weighted by Crippen LogP contribution is -2.45. The van der Waals surface area contributed by atoms with Crippen molar-refractivity contribution in [2.75, 3.05) is 5.32 Å². The molecule has 1 atom stereocenters. The molecule has 1 aromatic carbocycles. The molecule has 3 N–H and O–H groups in total. The lowest BCUT2D eigenvalue weighted by Gasteiger charge is -2.26. The number of rotatable bonds is 2. The Labute approximate surface area is 128 Å². The van der Waals surface area contributed by atoms with Crippen LogP contribution in [0.3, 0.4) is 0 Å². The molecular formula is C16H27ClN2O. The van der Waals surface area contributed by atoms with Crippen molar-refractivity contribution in [2.45, 2.75) is 53.0 Å². The number of hydrogen-bond donors (Lipinski definition) is 2. The summed E-state index contributed by atoms with van der Waals surface area (Å²) in [5.41, 5.74) is 7.83. The quantitative estimate of drug-likeness (QED) is 0.874. The molecule has 0 bridgehead atoms. The van der Waals surface area contributed by atoms with Crippen LogP contribution in [-0.2, 0) is 10.2 Å². The molecule has 0 fully saturated rings. The molecule has 0 aliphatic carbocycles. The van der Waals surface area contributed by atoms with Gasteiger partial charge in [-0.2, -0.15) is 0 Å². The molecule has 0 saturated carbocycles. The second-order valence-corrected chi connectivity index (χ2v) is 7.16. The fraction of sp³-hybridized carbons (Fsp3) is 0.562. The average Bonchev–Trinajstić information content (AvgIpc) is 2.26. The summed E-state index contributed by atoms with van der Waals surface area (Å²) in [4.78, 5) is 12.0. The van der Waals surface area contributed by atoms with Gasteiger partial charge in [0.2, 0.25) is 5.91 Å². The van der Waals surface area contributed by atoms with Crippen LogP contribution in [0.2, 0.25) is 0 Å². The standard InChI is InChI=1S/C16H26N2O.ClH/c1-15(2,3)11-7-9-12(10-8-11)18-14(19)13(17)16(4,5)6;/h7-10,13H,17H2,1-6H3,(H,18,19);1H/t13-;/m1./s1. The number of hydrogen-bond acceptors (Lipinski definition) is 2. The van der Waals surface area contributed by atoms with Crippen LogP contribution in [0, 0.1) is 5.41 Å². The first-order valence-corrected chi connectivity index (χ1v) is 6.69. The number of anilines is 1. The highest BCUT2D eigenvalue weighted by atomic mass is 35.5. The molecule has 20 heavy (non-hydrogen) atoms. The molecule has 0 radical (unpaired) electrons. The predicted molar refractivity (Wildman–Crippen MR) is 88.5 cm³/mol. The van der Waals surface area contributed by atoms with E-state index in [1.54, 1.807) is 0 Å². The van der Waals surface area contributed by atoms with Crippen molar-refractivity contribution in [1.82, 2.24) is 0 Å². The maximum atomic E-state index is 12.0. The number of nitrogens with two attached hydrogens (primary N) is 1. The highest BCUT2D eigenvalue weighted by molar-refractivity contribution is 5.95. The van der Waals surface area contributed by atoms with Crippen LogP contribution in [0.1, 0.15) is 47.1 Å². The Kier molecular flexibility index (Phi) is 6.25. The van der Waals surface area contributed by atoms with Crippen molar-refractivity contribution < 1.29 is 4.79 Å². The van der Waals surface area contributed by atoms with E-state index in [0.717, 1.165) is 5.69 Å². The molecule has 1 rings (SSSR count). The largest absolute Gasteiger partial charge is 0.325 e. The topological polar surface area (TPSA) is 55.1 Å². The van der Waals surface area contributed by atoms with E-state index in [2.05, 4.69) is 26.1 Å². The van der Waals surface area contributed by atoms with Crippen LogP contribution in [0.15, 0.2) is 24.3 Å². The second-order valence-electron chi connectivity index (χ2n) is 7.16. The normalized spacial score (nSPS) is 13.3. The number of benzene rings is 1. The van der Waals surface area contributed by atoms with E-state index in [0.29, 0.717) is 0 Å². The van der Waals surface area contributed by atoms with Gasteiger partial charge >= 0.3 is 0 Å².